The van der Waals surface area contributed by atoms with Gasteiger partial charge in [0, 0.05) is 31.3 Å². The molecule has 0 radical (unpaired) electrons. The van der Waals surface area contributed by atoms with Gasteiger partial charge in [0.15, 0.2) is 5.96 Å². The van der Waals surface area contributed by atoms with E-state index < -0.39 is 0 Å². The summed E-state index contributed by atoms with van der Waals surface area (Å²) in [5.74, 6) is 2.38. The molecule has 0 fully saturated rings. The van der Waals surface area contributed by atoms with Crippen molar-refractivity contribution in [2.45, 2.75) is 20.0 Å². The Balaban J connectivity index is 0.00000338. The van der Waals surface area contributed by atoms with Crippen LogP contribution >= 0.6 is 24.0 Å². The molecule has 0 saturated heterocycles. The van der Waals surface area contributed by atoms with E-state index in [-0.39, 0.29) is 29.7 Å². The lowest BCUT2D eigenvalue weighted by Crippen LogP contribution is -2.36. The Morgan fingerprint density at radius 2 is 1.69 bits per heavy atom. The van der Waals surface area contributed by atoms with Gasteiger partial charge in [-0.2, -0.15) is 0 Å². The molecule has 0 aliphatic rings. The van der Waals surface area contributed by atoms with Crippen molar-refractivity contribution < 1.29 is 14.6 Å². The summed E-state index contributed by atoms with van der Waals surface area (Å²) in [6, 6.07) is 11.2. The van der Waals surface area contributed by atoms with Crippen LogP contribution in [0.5, 0.6) is 17.2 Å². The van der Waals surface area contributed by atoms with E-state index in [1.807, 2.05) is 25.1 Å². The van der Waals surface area contributed by atoms with Gasteiger partial charge >= 0.3 is 0 Å². The van der Waals surface area contributed by atoms with Crippen LogP contribution in [0.3, 0.4) is 0 Å². The summed E-state index contributed by atoms with van der Waals surface area (Å²) in [7, 11) is 4.96. The van der Waals surface area contributed by atoms with Crippen LogP contribution in [0.25, 0.3) is 0 Å². The summed E-state index contributed by atoms with van der Waals surface area (Å²) in [6.07, 6.45) is 0. The van der Waals surface area contributed by atoms with Crippen molar-refractivity contribution in [3.05, 3.63) is 53.1 Å². The zero-order valence-electron chi connectivity index (χ0n) is 15.5. The summed E-state index contributed by atoms with van der Waals surface area (Å²) in [5.41, 5.74) is 2.92. The molecular formula is C19H26IN3O3. The summed E-state index contributed by atoms with van der Waals surface area (Å²) in [6.45, 7) is 3.03. The van der Waals surface area contributed by atoms with Gasteiger partial charge in [-0.25, -0.2) is 0 Å². The van der Waals surface area contributed by atoms with Crippen LogP contribution in [0, 0.1) is 6.92 Å². The third-order valence-electron chi connectivity index (χ3n) is 3.85. The molecule has 0 aromatic heterocycles. The molecule has 6 nitrogen and oxygen atoms in total. The van der Waals surface area contributed by atoms with Crippen LogP contribution in [0.4, 0.5) is 0 Å². The van der Waals surface area contributed by atoms with E-state index in [0.29, 0.717) is 24.8 Å². The predicted octanol–water partition coefficient (Wildman–Crippen LogP) is 3.20. The Morgan fingerprint density at radius 3 is 2.31 bits per heavy atom. The fourth-order valence-corrected chi connectivity index (χ4v) is 2.41. The average molecular weight is 471 g/mol. The number of guanidine groups is 1. The van der Waals surface area contributed by atoms with Crippen molar-refractivity contribution in [3.63, 3.8) is 0 Å². The number of rotatable bonds is 6. The summed E-state index contributed by atoms with van der Waals surface area (Å²) in [4.78, 5) is 4.20. The molecule has 2 rings (SSSR count). The van der Waals surface area contributed by atoms with Crippen molar-refractivity contribution in [1.82, 2.24) is 10.6 Å². The number of hydrogen-bond acceptors (Lipinski definition) is 4. The predicted molar refractivity (Wildman–Crippen MR) is 115 cm³/mol. The highest BCUT2D eigenvalue weighted by Gasteiger charge is 2.07. The SMILES string of the molecule is CN=C(NCc1cc(OC)ccc1O)NCc1ccc(C)cc1OC.I. The highest BCUT2D eigenvalue weighted by atomic mass is 127. The van der Waals surface area contributed by atoms with Gasteiger partial charge in [-0.1, -0.05) is 12.1 Å². The molecule has 0 aliphatic carbocycles. The summed E-state index contributed by atoms with van der Waals surface area (Å²) in [5, 5.41) is 16.4. The molecule has 3 N–H and O–H groups in total. The fraction of sp³-hybridized carbons (Fsp3) is 0.316. The molecule has 7 heteroatoms. The topological polar surface area (TPSA) is 75.1 Å². The van der Waals surface area contributed by atoms with Gasteiger partial charge in [-0.15, -0.1) is 24.0 Å². The largest absolute Gasteiger partial charge is 0.508 e. The molecule has 0 bridgehead atoms. The van der Waals surface area contributed by atoms with Crippen LogP contribution < -0.4 is 20.1 Å². The fourth-order valence-electron chi connectivity index (χ4n) is 2.41. The van der Waals surface area contributed by atoms with Gasteiger partial charge in [-0.05, 0) is 36.8 Å². The van der Waals surface area contributed by atoms with Crippen LogP contribution in [-0.4, -0.2) is 32.3 Å². The molecular weight excluding hydrogens is 445 g/mol. The van der Waals surface area contributed by atoms with Gasteiger partial charge in [0.2, 0.25) is 0 Å². The number of halogens is 1. The van der Waals surface area contributed by atoms with Gasteiger partial charge in [-0.3, -0.25) is 4.99 Å². The Kier molecular flexibility index (Phi) is 9.04. The molecule has 0 aliphatic heterocycles. The van der Waals surface area contributed by atoms with Crippen LogP contribution in [0.2, 0.25) is 0 Å². The first-order valence-corrected chi connectivity index (χ1v) is 8.01. The lowest BCUT2D eigenvalue weighted by molar-refractivity contribution is 0.408. The Bertz CT molecular complexity index is 751. The van der Waals surface area contributed by atoms with E-state index in [2.05, 4.69) is 15.6 Å². The van der Waals surface area contributed by atoms with Crippen LogP contribution in [-0.2, 0) is 13.1 Å². The molecule has 0 heterocycles. The first-order chi connectivity index (χ1) is 12.1. The smallest absolute Gasteiger partial charge is 0.191 e. The maximum absolute atomic E-state index is 9.95. The maximum Gasteiger partial charge on any atom is 0.191 e. The number of hydrogen-bond donors (Lipinski definition) is 3. The quantitative estimate of drug-likeness (QED) is 0.343. The van der Waals surface area contributed by atoms with E-state index in [1.165, 1.54) is 0 Å². The van der Waals surface area contributed by atoms with E-state index in [9.17, 15) is 5.11 Å². The molecule has 0 saturated carbocycles. The normalized spacial score (nSPS) is 10.7. The molecule has 0 amide bonds. The van der Waals surface area contributed by atoms with Gasteiger partial charge in [0.05, 0.1) is 14.2 Å². The number of aliphatic imine (C=N–C) groups is 1. The number of nitrogens with zero attached hydrogens (tertiary/aromatic N) is 1. The Hall–Kier alpha value is -2.16. The lowest BCUT2D eigenvalue weighted by atomic mass is 10.1. The number of phenols is 1. The molecule has 0 atom stereocenters. The van der Waals surface area contributed by atoms with Gasteiger partial charge in [0.25, 0.3) is 0 Å². The minimum Gasteiger partial charge on any atom is -0.508 e. The van der Waals surface area contributed by atoms with Gasteiger partial charge in [0.1, 0.15) is 17.2 Å². The Labute approximate surface area is 171 Å². The minimum absolute atomic E-state index is 0. The van der Waals surface area contributed by atoms with E-state index >= 15 is 0 Å². The second-order valence-electron chi connectivity index (χ2n) is 5.59. The first-order valence-electron chi connectivity index (χ1n) is 8.01. The molecule has 0 spiro atoms. The van der Waals surface area contributed by atoms with Crippen molar-refractivity contribution in [3.8, 4) is 17.2 Å². The highest BCUT2D eigenvalue weighted by molar-refractivity contribution is 14.0. The van der Waals surface area contributed by atoms with Crippen molar-refractivity contribution >= 4 is 29.9 Å². The number of aryl methyl sites for hydroxylation is 1. The van der Waals surface area contributed by atoms with E-state index in [0.717, 1.165) is 22.4 Å². The number of phenolic OH excluding ortho intramolecular Hbond substituents is 1. The molecule has 2 aromatic carbocycles. The molecule has 26 heavy (non-hydrogen) atoms. The van der Waals surface area contributed by atoms with Crippen molar-refractivity contribution in [2.75, 3.05) is 21.3 Å². The van der Waals surface area contributed by atoms with Crippen LogP contribution in [0.1, 0.15) is 16.7 Å². The van der Waals surface area contributed by atoms with E-state index in [1.54, 1.807) is 39.5 Å². The molecule has 0 unspecified atom stereocenters. The summed E-state index contributed by atoms with van der Waals surface area (Å²) >= 11 is 0. The third-order valence-corrected chi connectivity index (χ3v) is 3.85. The average Bonchev–Trinajstić information content (AvgIpc) is 2.63. The maximum atomic E-state index is 9.95. The van der Waals surface area contributed by atoms with Crippen molar-refractivity contribution in [1.29, 1.82) is 0 Å². The number of methoxy groups -OCH3 is 2. The second-order valence-corrected chi connectivity index (χ2v) is 5.59. The number of ether oxygens (including phenoxy) is 2. The molecule has 2 aromatic rings. The minimum atomic E-state index is 0. The summed E-state index contributed by atoms with van der Waals surface area (Å²) < 4.78 is 10.6. The third kappa shape index (κ3) is 5.98. The zero-order chi connectivity index (χ0) is 18.2. The monoisotopic (exact) mass is 471 g/mol. The number of benzene rings is 2. The lowest BCUT2D eigenvalue weighted by Gasteiger charge is -2.15. The van der Waals surface area contributed by atoms with Gasteiger partial charge < -0.3 is 25.2 Å². The second kappa shape index (κ2) is 10.7. The first kappa shape index (κ1) is 21.9. The number of nitrogens with one attached hydrogen (secondary N) is 2. The Morgan fingerprint density at radius 1 is 1.00 bits per heavy atom. The highest BCUT2D eigenvalue weighted by Crippen LogP contribution is 2.22. The number of aromatic hydroxyl groups is 1. The van der Waals surface area contributed by atoms with Crippen molar-refractivity contribution in [2.24, 2.45) is 4.99 Å². The van der Waals surface area contributed by atoms with E-state index in [4.69, 9.17) is 9.47 Å². The standard InChI is InChI=1S/C19H25N3O3.HI/c1-13-5-6-14(18(9-13)25-4)11-21-19(20-2)22-12-15-10-16(24-3)7-8-17(15)23;/h5-10,23H,11-12H2,1-4H3,(H2,20,21,22);1H. The molecule has 142 valence electrons. The zero-order valence-corrected chi connectivity index (χ0v) is 17.8. The van der Waals surface area contributed by atoms with Crippen LogP contribution in [0.15, 0.2) is 41.4 Å².